The molecule has 11 nitrogen and oxygen atoms in total. The molecule has 1 amide bonds. The fourth-order valence-electron chi connectivity index (χ4n) is 1.87. The summed E-state index contributed by atoms with van der Waals surface area (Å²) in [4.78, 5) is 37.1. The number of rotatable bonds is 1. The first-order valence-electron chi connectivity index (χ1n) is 6.03. The molecule has 0 unspecified atom stereocenters. The van der Waals surface area contributed by atoms with E-state index in [0.29, 0.717) is 16.7 Å². The number of nitrogens with two attached hydrogens (primary N) is 2. The van der Waals surface area contributed by atoms with Crippen LogP contribution in [0.5, 0.6) is 0 Å². The third-order valence-corrected chi connectivity index (χ3v) is 2.83. The summed E-state index contributed by atoms with van der Waals surface area (Å²) < 4.78 is 2.75. The number of anilines is 1. The van der Waals surface area contributed by atoms with E-state index in [2.05, 4.69) is 20.2 Å². The van der Waals surface area contributed by atoms with Crippen molar-refractivity contribution in [3.8, 4) is 0 Å². The van der Waals surface area contributed by atoms with Crippen LogP contribution >= 0.6 is 12.4 Å². The molecule has 3 heterocycles. The van der Waals surface area contributed by atoms with Crippen LogP contribution in [0.15, 0.2) is 22.0 Å². The van der Waals surface area contributed by atoms with Crippen LogP contribution in [-0.4, -0.2) is 35.4 Å². The molecule has 0 spiro atoms. The van der Waals surface area contributed by atoms with E-state index in [4.69, 9.17) is 11.5 Å². The number of carbonyl (C=O) groups is 1. The van der Waals surface area contributed by atoms with Gasteiger partial charge in [0.1, 0.15) is 11.2 Å². The first-order valence-corrected chi connectivity index (χ1v) is 6.03. The molecule has 12 heteroatoms. The summed E-state index contributed by atoms with van der Waals surface area (Å²) in [6.07, 6.45) is 2.83. The average molecular weight is 343 g/mol. The van der Waals surface area contributed by atoms with Crippen molar-refractivity contribution in [2.75, 3.05) is 5.73 Å². The number of fused-ring (bicyclic) bond motifs is 1. The molecule has 0 atom stereocenters. The van der Waals surface area contributed by atoms with Gasteiger partial charge >= 0.3 is 5.69 Å². The van der Waals surface area contributed by atoms with Gasteiger partial charge in [0, 0.05) is 14.1 Å². The Morgan fingerprint density at radius 3 is 2.22 bits per heavy atom. The first-order chi connectivity index (χ1) is 10.3. The molecule has 0 aliphatic carbocycles. The van der Waals surface area contributed by atoms with Gasteiger partial charge in [-0.15, -0.1) is 12.4 Å². The van der Waals surface area contributed by atoms with Gasteiger partial charge < -0.3 is 16.5 Å². The van der Waals surface area contributed by atoms with Gasteiger partial charge in [-0.25, -0.2) is 4.79 Å². The number of halogens is 1. The average Bonchev–Trinajstić information content (AvgIpc) is 2.94. The molecular weight excluding hydrogens is 328 g/mol. The molecule has 6 N–H and O–H groups in total. The lowest BCUT2D eigenvalue weighted by molar-refractivity contribution is 0.0992. The maximum atomic E-state index is 11.1. The van der Waals surface area contributed by atoms with Crippen LogP contribution in [0.1, 0.15) is 10.5 Å². The Hall–Kier alpha value is -3.08. The SMILES string of the molecule is Cl.Cn1ncc(N)c1C(N)=O.Cn1ncc2[nH]c(=O)[nH]c(=O)c21. The number of carbonyl (C=O) groups excluding carboxylic acids is 1. The molecular formula is C11H15ClN8O3. The highest BCUT2D eigenvalue weighted by atomic mass is 35.5. The van der Waals surface area contributed by atoms with Crippen molar-refractivity contribution in [3.63, 3.8) is 0 Å². The zero-order chi connectivity index (χ0) is 16.4. The van der Waals surface area contributed by atoms with Gasteiger partial charge in [0.25, 0.3) is 11.5 Å². The van der Waals surface area contributed by atoms with Crippen molar-refractivity contribution < 1.29 is 4.79 Å². The molecule has 0 aliphatic heterocycles. The molecule has 0 aromatic carbocycles. The van der Waals surface area contributed by atoms with Gasteiger partial charge in [-0.1, -0.05) is 0 Å². The molecule has 0 aliphatic rings. The van der Waals surface area contributed by atoms with Crippen molar-refractivity contribution in [1.82, 2.24) is 29.5 Å². The van der Waals surface area contributed by atoms with Crippen LogP contribution < -0.4 is 22.7 Å². The molecule has 0 saturated carbocycles. The summed E-state index contributed by atoms with van der Waals surface area (Å²) in [6.45, 7) is 0. The number of H-pyrrole nitrogens is 2. The lowest BCUT2D eigenvalue weighted by Crippen LogP contribution is -2.22. The van der Waals surface area contributed by atoms with Gasteiger partial charge in [0.2, 0.25) is 0 Å². The standard InChI is InChI=1S/C6H6N4O2.C5H8N4O.ClH/c1-10-4-3(2-7-10)8-6(12)9-5(4)11;1-9-4(5(7)10)3(6)2-8-9;/h2H,1H3,(H2,8,9,11,12);2H,6H2,1H3,(H2,7,10);1H. The number of aromatic amines is 2. The summed E-state index contributed by atoms with van der Waals surface area (Å²) in [6, 6.07) is 0. The number of hydrogen-bond donors (Lipinski definition) is 4. The highest BCUT2D eigenvalue weighted by molar-refractivity contribution is 5.95. The molecule has 124 valence electrons. The van der Waals surface area contributed by atoms with E-state index in [1.54, 1.807) is 14.1 Å². The maximum absolute atomic E-state index is 11.1. The minimum Gasteiger partial charge on any atom is -0.396 e. The summed E-state index contributed by atoms with van der Waals surface area (Å²) in [7, 11) is 3.24. The van der Waals surface area contributed by atoms with Gasteiger partial charge in [-0.2, -0.15) is 10.2 Å². The molecule has 3 aromatic heterocycles. The summed E-state index contributed by atoms with van der Waals surface area (Å²) in [5.41, 5.74) is 10.8. The molecule has 23 heavy (non-hydrogen) atoms. The van der Waals surface area contributed by atoms with Gasteiger partial charge in [0.05, 0.1) is 23.6 Å². The second-order valence-corrected chi connectivity index (χ2v) is 4.38. The van der Waals surface area contributed by atoms with E-state index in [1.807, 2.05) is 0 Å². The van der Waals surface area contributed by atoms with Crippen LogP contribution in [0, 0.1) is 0 Å². The molecule has 0 radical (unpaired) electrons. The topological polar surface area (TPSA) is 170 Å². The van der Waals surface area contributed by atoms with Crippen molar-refractivity contribution in [2.24, 2.45) is 19.8 Å². The third-order valence-electron chi connectivity index (χ3n) is 2.83. The van der Waals surface area contributed by atoms with Crippen molar-refractivity contribution in [2.45, 2.75) is 0 Å². The first kappa shape index (κ1) is 18.0. The number of primary amides is 1. The number of hydrogen-bond acceptors (Lipinski definition) is 6. The lowest BCUT2D eigenvalue weighted by Gasteiger charge is -1.95. The summed E-state index contributed by atoms with van der Waals surface area (Å²) >= 11 is 0. The number of nitrogen functional groups attached to an aromatic ring is 1. The van der Waals surface area contributed by atoms with Crippen LogP contribution in [0.2, 0.25) is 0 Å². The fourth-order valence-corrected chi connectivity index (χ4v) is 1.87. The number of aromatic nitrogens is 6. The van der Waals surface area contributed by atoms with Crippen molar-refractivity contribution in [1.29, 1.82) is 0 Å². The Bertz CT molecular complexity index is 931. The minimum atomic E-state index is -0.558. The largest absolute Gasteiger partial charge is 0.396 e. The zero-order valence-corrected chi connectivity index (χ0v) is 13.0. The van der Waals surface area contributed by atoms with E-state index in [-0.39, 0.29) is 18.1 Å². The Morgan fingerprint density at radius 2 is 1.74 bits per heavy atom. The second-order valence-electron chi connectivity index (χ2n) is 4.38. The van der Waals surface area contributed by atoms with Gasteiger partial charge in [0.15, 0.2) is 0 Å². The van der Waals surface area contributed by atoms with Crippen molar-refractivity contribution in [3.05, 3.63) is 38.9 Å². The Kier molecular flexibility index (Phi) is 5.30. The Balaban J connectivity index is 0.000000224. The van der Waals surface area contributed by atoms with Crippen LogP contribution in [-0.2, 0) is 14.1 Å². The monoisotopic (exact) mass is 342 g/mol. The van der Waals surface area contributed by atoms with E-state index >= 15 is 0 Å². The molecule has 0 fully saturated rings. The van der Waals surface area contributed by atoms with Gasteiger partial charge in [-0.3, -0.25) is 23.9 Å². The van der Waals surface area contributed by atoms with E-state index in [0.717, 1.165) is 0 Å². The highest BCUT2D eigenvalue weighted by Crippen LogP contribution is 2.06. The van der Waals surface area contributed by atoms with Crippen molar-refractivity contribution >= 4 is 35.0 Å². The second kappa shape index (κ2) is 6.79. The summed E-state index contributed by atoms with van der Waals surface area (Å²) in [5, 5.41) is 7.55. The highest BCUT2D eigenvalue weighted by Gasteiger charge is 2.09. The Labute approximate surface area is 134 Å². The smallest absolute Gasteiger partial charge is 0.326 e. The minimum absolute atomic E-state index is 0. The third kappa shape index (κ3) is 3.58. The lowest BCUT2D eigenvalue weighted by atomic mass is 10.3. The maximum Gasteiger partial charge on any atom is 0.326 e. The predicted octanol–water partition coefficient (Wildman–Crippen LogP) is -1.53. The molecule has 3 aromatic rings. The van der Waals surface area contributed by atoms with E-state index in [1.165, 1.54) is 21.8 Å². The number of aryl methyl sites for hydroxylation is 2. The molecule has 0 bridgehead atoms. The number of amides is 1. The van der Waals surface area contributed by atoms with E-state index < -0.39 is 17.2 Å². The quantitative estimate of drug-likeness (QED) is 0.418. The number of nitrogens with zero attached hydrogens (tertiary/aromatic N) is 4. The fraction of sp³-hybridized carbons (Fsp3) is 0.182. The Morgan fingerprint density at radius 1 is 1.13 bits per heavy atom. The van der Waals surface area contributed by atoms with Crippen LogP contribution in [0.3, 0.4) is 0 Å². The zero-order valence-electron chi connectivity index (χ0n) is 12.2. The normalized spacial score (nSPS) is 9.83. The predicted molar refractivity (Wildman–Crippen MR) is 85.3 cm³/mol. The number of nitrogens with one attached hydrogen (secondary N) is 2. The molecule has 3 rings (SSSR count). The van der Waals surface area contributed by atoms with E-state index in [9.17, 15) is 14.4 Å². The van der Waals surface area contributed by atoms with Gasteiger partial charge in [-0.05, 0) is 0 Å². The summed E-state index contributed by atoms with van der Waals surface area (Å²) in [5.74, 6) is -0.558. The van der Waals surface area contributed by atoms with Crippen LogP contribution in [0.4, 0.5) is 5.69 Å². The van der Waals surface area contributed by atoms with Crippen LogP contribution in [0.25, 0.3) is 11.0 Å². The molecule has 0 saturated heterocycles.